The summed E-state index contributed by atoms with van der Waals surface area (Å²) in [5.74, 6) is -0.858. The molecule has 0 N–H and O–H groups in total. The van der Waals surface area contributed by atoms with Crippen molar-refractivity contribution >= 4 is 44.3 Å². The monoisotopic (exact) mass is 554 g/mol. The maximum Gasteiger partial charge on any atom is 0.338 e. The van der Waals surface area contributed by atoms with E-state index in [1.54, 1.807) is 24.3 Å². The van der Waals surface area contributed by atoms with E-state index in [2.05, 4.69) is 54.6 Å². The van der Waals surface area contributed by atoms with E-state index in [-0.39, 0.29) is 12.7 Å². The van der Waals surface area contributed by atoms with E-state index < -0.39 is 24.1 Å². The molecule has 208 valence electrons. The second kappa shape index (κ2) is 10.6. The van der Waals surface area contributed by atoms with Gasteiger partial charge in [-0.05, 0) is 76.0 Å². The first-order chi connectivity index (χ1) is 20.4. The minimum atomic E-state index is -0.614. The minimum absolute atomic E-state index is 0.0269. The highest BCUT2D eigenvalue weighted by molar-refractivity contribution is 6.23. The number of hydrogen-bond acceptors (Lipinski definition) is 5. The normalized spacial score (nSPS) is 18.6. The predicted molar refractivity (Wildman–Crippen MR) is 164 cm³/mol. The third-order valence-electron chi connectivity index (χ3n) is 8.32. The van der Waals surface area contributed by atoms with Crippen LogP contribution in [0, 0.1) is 13.8 Å². The average Bonchev–Trinajstić information content (AvgIpc) is 3.41. The van der Waals surface area contributed by atoms with Gasteiger partial charge in [-0.3, -0.25) is 0 Å². The SMILES string of the molecule is Cc1ccc(C(=O)OC[C@H]2O[C@H](c3ccc4ccc5cccc6ccc3c4c56)C[C@@H]2OC(=O)c2ccc(C)cc2)cc1. The summed E-state index contributed by atoms with van der Waals surface area (Å²) >= 11 is 0. The lowest BCUT2D eigenvalue weighted by Gasteiger charge is -2.19. The summed E-state index contributed by atoms with van der Waals surface area (Å²) in [7, 11) is 0. The Bertz CT molecular complexity index is 1910. The van der Waals surface area contributed by atoms with Crippen molar-refractivity contribution in [1.82, 2.24) is 0 Å². The second-order valence-corrected chi connectivity index (χ2v) is 11.2. The number of rotatable bonds is 6. The van der Waals surface area contributed by atoms with E-state index in [1.165, 1.54) is 26.9 Å². The van der Waals surface area contributed by atoms with Crippen molar-refractivity contribution < 1.29 is 23.8 Å². The zero-order valence-electron chi connectivity index (χ0n) is 23.5. The van der Waals surface area contributed by atoms with E-state index in [4.69, 9.17) is 14.2 Å². The largest absolute Gasteiger partial charge is 0.459 e. The van der Waals surface area contributed by atoms with E-state index in [1.807, 2.05) is 38.1 Å². The number of aryl methyl sites for hydroxylation is 2. The molecule has 5 heteroatoms. The number of esters is 2. The number of benzene rings is 6. The first kappa shape index (κ1) is 26.2. The Morgan fingerprint density at radius 2 is 1.26 bits per heavy atom. The fourth-order valence-electron chi connectivity index (χ4n) is 6.05. The van der Waals surface area contributed by atoms with Crippen LogP contribution in [0.4, 0.5) is 0 Å². The molecule has 0 saturated carbocycles. The van der Waals surface area contributed by atoms with Crippen molar-refractivity contribution in [2.75, 3.05) is 6.61 Å². The molecule has 1 heterocycles. The molecular weight excluding hydrogens is 524 g/mol. The van der Waals surface area contributed by atoms with Gasteiger partial charge >= 0.3 is 11.9 Å². The zero-order chi connectivity index (χ0) is 28.8. The third kappa shape index (κ3) is 4.76. The Hall–Kier alpha value is -4.74. The Morgan fingerprint density at radius 3 is 1.93 bits per heavy atom. The molecule has 5 nitrogen and oxygen atoms in total. The van der Waals surface area contributed by atoms with Crippen LogP contribution in [0.15, 0.2) is 103 Å². The first-order valence-electron chi connectivity index (χ1n) is 14.3. The first-order valence-corrected chi connectivity index (χ1v) is 14.3. The van der Waals surface area contributed by atoms with Gasteiger partial charge in [-0.25, -0.2) is 9.59 Å². The standard InChI is InChI=1S/C37H30O5/c1-22-6-10-27(11-7-22)36(38)40-21-33-32(42-37(39)28-12-8-23(2)9-13-28)20-31(41-33)29-18-16-26-15-14-24-4-3-5-25-17-19-30(29)35(26)34(24)25/h3-19,31-33H,20-21H2,1-2H3/t31-,32-,33+/m0/s1. The lowest BCUT2D eigenvalue weighted by atomic mass is 9.90. The Balaban J connectivity index is 1.20. The van der Waals surface area contributed by atoms with Crippen molar-refractivity contribution in [3.8, 4) is 0 Å². The quantitative estimate of drug-likeness (QED) is 0.154. The molecule has 3 atom stereocenters. The Labute approximate surface area is 244 Å². The van der Waals surface area contributed by atoms with Crippen molar-refractivity contribution in [3.05, 3.63) is 131 Å². The van der Waals surface area contributed by atoms with E-state index in [0.29, 0.717) is 17.5 Å². The Morgan fingerprint density at radius 1 is 0.690 bits per heavy atom. The van der Waals surface area contributed by atoms with Crippen LogP contribution in [-0.2, 0) is 14.2 Å². The van der Waals surface area contributed by atoms with Gasteiger partial charge in [0.1, 0.15) is 18.8 Å². The Kier molecular flexibility index (Phi) is 6.60. The molecule has 6 aromatic carbocycles. The molecule has 0 aliphatic carbocycles. The smallest absolute Gasteiger partial charge is 0.338 e. The van der Waals surface area contributed by atoms with Gasteiger partial charge in [-0.1, -0.05) is 90.0 Å². The van der Waals surface area contributed by atoms with Gasteiger partial charge in [0.05, 0.1) is 17.2 Å². The van der Waals surface area contributed by atoms with Crippen molar-refractivity contribution in [2.24, 2.45) is 0 Å². The van der Waals surface area contributed by atoms with Crippen LogP contribution in [0.1, 0.15) is 49.9 Å². The molecule has 0 spiro atoms. The van der Waals surface area contributed by atoms with Crippen LogP contribution in [0.25, 0.3) is 32.3 Å². The highest BCUT2D eigenvalue weighted by Crippen LogP contribution is 2.42. The lowest BCUT2D eigenvalue weighted by molar-refractivity contribution is -0.0425. The van der Waals surface area contributed by atoms with Crippen LogP contribution < -0.4 is 0 Å². The third-order valence-corrected chi connectivity index (χ3v) is 8.32. The van der Waals surface area contributed by atoms with Gasteiger partial charge < -0.3 is 14.2 Å². The summed E-state index contributed by atoms with van der Waals surface area (Å²) in [5.41, 5.74) is 4.09. The van der Waals surface area contributed by atoms with Gasteiger partial charge in [-0.15, -0.1) is 0 Å². The van der Waals surface area contributed by atoms with Gasteiger partial charge in [0.25, 0.3) is 0 Å². The maximum absolute atomic E-state index is 13.1. The highest BCUT2D eigenvalue weighted by Gasteiger charge is 2.40. The summed E-state index contributed by atoms with van der Waals surface area (Å²) in [5, 5.41) is 7.11. The van der Waals surface area contributed by atoms with Crippen LogP contribution in [0.3, 0.4) is 0 Å². The lowest BCUT2D eigenvalue weighted by Crippen LogP contribution is -2.32. The van der Waals surface area contributed by atoms with Crippen molar-refractivity contribution in [3.63, 3.8) is 0 Å². The molecular formula is C37H30O5. The van der Waals surface area contributed by atoms with Gasteiger partial charge in [-0.2, -0.15) is 0 Å². The molecule has 1 aliphatic rings. The van der Waals surface area contributed by atoms with E-state index in [0.717, 1.165) is 22.1 Å². The molecule has 1 saturated heterocycles. The summed E-state index contributed by atoms with van der Waals surface area (Å²) in [6.07, 6.45) is -1.09. The van der Waals surface area contributed by atoms with Crippen LogP contribution >= 0.6 is 0 Å². The fourth-order valence-corrected chi connectivity index (χ4v) is 6.05. The zero-order valence-corrected chi connectivity index (χ0v) is 23.5. The summed E-state index contributed by atoms with van der Waals surface area (Å²) < 4.78 is 18.3. The van der Waals surface area contributed by atoms with Crippen LogP contribution in [0.2, 0.25) is 0 Å². The summed E-state index contributed by atoms with van der Waals surface area (Å²) in [4.78, 5) is 26.0. The predicted octanol–water partition coefficient (Wildman–Crippen LogP) is 8.11. The molecule has 0 bridgehead atoms. The van der Waals surface area contributed by atoms with E-state index >= 15 is 0 Å². The number of ether oxygens (including phenoxy) is 3. The highest BCUT2D eigenvalue weighted by atomic mass is 16.6. The minimum Gasteiger partial charge on any atom is -0.459 e. The van der Waals surface area contributed by atoms with Crippen molar-refractivity contribution in [2.45, 2.75) is 38.6 Å². The topological polar surface area (TPSA) is 61.8 Å². The molecule has 0 unspecified atom stereocenters. The number of carbonyl (C=O) groups excluding carboxylic acids is 2. The summed E-state index contributed by atoms with van der Waals surface area (Å²) in [6, 6.07) is 33.7. The van der Waals surface area contributed by atoms with Crippen LogP contribution in [-0.4, -0.2) is 30.8 Å². The van der Waals surface area contributed by atoms with Crippen molar-refractivity contribution in [1.29, 1.82) is 0 Å². The van der Waals surface area contributed by atoms with Gasteiger partial charge in [0.2, 0.25) is 0 Å². The maximum atomic E-state index is 13.1. The molecule has 0 radical (unpaired) electrons. The molecule has 0 amide bonds. The van der Waals surface area contributed by atoms with E-state index in [9.17, 15) is 9.59 Å². The molecule has 6 aromatic rings. The molecule has 1 fully saturated rings. The number of carbonyl (C=O) groups is 2. The van der Waals surface area contributed by atoms with Gasteiger partial charge in [0, 0.05) is 6.42 Å². The van der Waals surface area contributed by atoms with Crippen LogP contribution in [0.5, 0.6) is 0 Å². The second-order valence-electron chi connectivity index (χ2n) is 11.2. The molecule has 7 rings (SSSR count). The average molecular weight is 555 g/mol. The van der Waals surface area contributed by atoms with Gasteiger partial charge in [0.15, 0.2) is 0 Å². The number of hydrogen-bond donors (Lipinski definition) is 0. The molecule has 42 heavy (non-hydrogen) atoms. The molecule has 1 aliphatic heterocycles. The summed E-state index contributed by atoms with van der Waals surface area (Å²) in [6.45, 7) is 3.91. The fraction of sp³-hybridized carbons (Fsp3) is 0.189. The molecule has 0 aromatic heterocycles.